The number of hydrogen-bond acceptors (Lipinski definition) is 3. The Balaban J connectivity index is 2.87. The molecule has 0 spiro atoms. The van der Waals surface area contributed by atoms with Crippen molar-refractivity contribution in [2.45, 2.75) is 6.04 Å². The van der Waals surface area contributed by atoms with Crippen molar-refractivity contribution in [2.24, 2.45) is 5.73 Å². The van der Waals surface area contributed by atoms with Crippen molar-refractivity contribution in [2.75, 3.05) is 0 Å². The molecule has 1 heterocycles. The molecule has 0 saturated carbocycles. The highest BCUT2D eigenvalue weighted by Crippen LogP contribution is 2.24. The van der Waals surface area contributed by atoms with Gasteiger partial charge in [-0.3, -0.25) is 0 Å². The van der Waals surface area contributed by atoms with Crippen LogP contribution < -0.4 is 5.73 Å². The van der Waals surface area contributed by atoms with Gasteiger partial charge in [-0.25, -0.2) is 0 Å². The Hall–Kier alpha value is -0.560. The molecule has 0 aliphatic rings. The van der Waals surface area contributed by atoms with E-state index < -0.39 is 6.04 Å². The lowest BCUT2D eigenvalue weighted by Crippen LogP contribution is -2.04. The van der Waals surface area contributed by atoms with Crippen LogP contribution >= 0.6 is 22.9 Å². The number of nitriles is 1. The monoisotopic (exact) mass is 172 g/mol. The van der Waals surface area contributed by atoms with Crippen LogP contribution in [0.2, 0.25) is 4.34 Å². The van der Waals surface area contributed by atoms with E-state index in [0.717, 1.165) is 4.88 Å². The highest BCUT2D eigenvalue weighted by Gasteiger charge is 2.05. The van der Waals surface area contributed by atoms with Crippen LogP contribution in [0.15, 0.2) is 12.1 Å². The molecule has 0 aromatic carbocycles. The molecule has 0 radical (unpaired) electrons. The summed E-state index contributed by atoms with van der Waals surface area (Å²) in [5.74, 6) is 0. The van der Waals surface area contributed by atoms with Gasteiger partial charge in [-0.05, 0) is 12.1 Å². The smallest absolute Gasteiger partial charge is 0.128 e. The highest BCUT2D eigenvalue weighted by molar-refractivity contribution is 7.16. The molecule has 1 atom stereocenters. The van der Waals surface area contributed by atoms with E-state index in [1.54, 1.807) is 12.1 Å². The molecule has 1 rings (SSSR count). The zero-order chi connectivity index (χ0) is 7.56. The van der Waals surface area contributed by atoms with Gasteiger partial charge in [0.2, 0.25) is 0 Å². The van der Waals surface area contributed by atoms with Crippen LogP contribution in [-0.2, 0) is 0 Å². The second-order valence-electron chi connectivity index (χ2n) is 1.75. The van der Waals surface area contributed by atoms with Crippen LogP contribution in [0.3, 0.4) is 0 Å². The van der Waals surface area contributed by atoms with E-state index in [1.807, 2.05) is 6.07 Å². The molecule has 1 aromatic rings. The van der Waals surface area contributed by atoms with Gasteiger partial charge in [0.1, 0.15) is 6.04 Å². The molecule has 1 aromatic heterocycles. The molecule has 0 saturated heterocycles. The Kier molecular flexibility index (Phi) is 2.28. The first-order chi connectivity index (χ1) is 4.74. The van der Waals surface area contributed by atoms with Gasteiger partial charge in [-0.2, -0.15) is 5.26 Å². The minimum Gasteiger partial charge on any atom is -0.312 e. The third kappa shape index (κ3) is 1.48. The van der Waals surface area contributed by atoms with Crippen molar-refractivity contribution < 1.29 is 0 Å². The number of thiophene rings is 1. The molecule has 0 aliphatic heterocycles. The average molecular weight is 173 g/mol. The molecule has 0 amide bonds. The van der Waals surface area contributed by atoms with Crippen molar-refractivity contribution in [1.29, 1.82) is 5.26 Å². The van der Waals surface area contributed by atoms with E-state index in [-0.39, 0.29) is 0 Å². The SMILES string of the molecule is N#C[C@@H](N)c1ccc(Cl)s1. The Morgan fingerprint density at radius 1 is 1.70 bits per heavy atom. The molecule has 0 aliphatic carbocycles. The molecular weight excluding hydrogens is 168 g/mol. The number of halogens is 1. The topological polar surface area (TPSA) is 49.8 Å². The second-order valence-corrected chi connectivity index (χ2v) is 3.50. The zero-order valence-electron chi connectivity index (χ0n) is 5.04. The Bertz CT molecular complexity index is 263. The summed E-state index contributed by atoms with van der Waals surface area (Å²) in [6.45, 7) is 0. The van der Waals surface area contributed by atoms with Crippen LogP contribution in [0.25, 0.3) is 0 Å². The molecule has 52 valence electrons. The van der Waals surface area contributed by atoms with E-state index >= 15 is 0 Å². The molecule has 0 unspecified atom stereocenters. The molecule has 0 fully saturated rings. The standard InChI is InChI=1S/C6H5ClN2S/c7-6-2-1-5(10-6)4(9)3-8/h1-2,4H,9H2/t4-/m1/s1. The molecule has 0 bridgehead atoms. The quantitative estimate of drug-likeness (QED) is 0.704. The first-order valence-corrected chi connectivity index (χ1v) is 3.84. The maximum Gasteiger partial charge on any atom is 0.128 e. The second kappa shape index (κ2) is 3.02. The minimum atomic E-state index is -0.530. The Morgan fingerprint density at radius 2 is 2.40 bits per heavy atom. The zero-order valence-corrected chi connectivity index (χ0v) is 6.62. The summed E-state index contributed by atoms with van der Waals surface area (Å²) in [6, 6.07) is 4.89. The van der Waals surface area contributed by atoms with Crippen molar-refractivity contribution in [1.82, 2.24) is 0 Å². The normalized spacial score (nSPS) is 12.5. The van der Waals surface area contributed by atoms with Crippen LogP contribution in [0.1, 0.15) is 10.9 Å². The maximum absolute atomic E-state index is 8.39. The first-order valence-electron chi connectivity index (χ1n) is 2.64. The lowest BCUT2D eigenvalue weighted by atomic mass is 10.3. The Morgan fingerprint density at radius 3 is 2.80 bits per heavy atom. The largest absolute Gasteiger partial charge is 0.312 e. The fourth-order valence-corrected chi connectivity index (χ4v) is 1.57. The predicted molar refractivity (Wildman–Crippen MR) is 41.9 cm³/mol. The summed E-state index contributed by atoms with van der Waals surface area (Å²) in [4.78, 5) is 0.813. The summed E-state index contributed by atoms with van der Waals surface area (Å²) in [5.41, 5.74) is 5.40. The van der Waals surface area contributed by atoms with E-state index in [1.165, 1.54) is 11.3 Å². The number of nitrogens with two attached hydrogens (primary N) is 1. The third-order valence-corrected chi connectivity index (χ3v) is 2.35. The molecule has 2 nitrogen and oxygen atoms in total. The summed E-state index contributed by atoms with van der Waals surface area (Å²) in [5, 5.41) is 8.39. The van der Waals surface area contributed by atoms with Crippen molar-refractivity contribution in [3.05, 3.63) is 21.3 Å². The number of rotatable bonds is 1. The first kappa shape index (κ1) is 7.55. The van der Waals surface area contributed by atoms with Crippen molar-refractivity contribution >= 4 is 22.9 Å². The van der Waals surface area contributed by atoms with Crippen LogP contribution in [0.4, 0.5) is 0 Å². The minimum absolute atomic E-state index is 0.530. The summed E-state index contributed by atoms with van der Waals surface area (Å²) in [7, 11) is 0. The molecular formula is C6H5ClN2S. The fourth-order valence-electron chi connectivity index (χ4n) is 0.559. The van der Waals surface area contributed by atoms with E-state index in [2.05, 4.69) is 0 Å². The summed E-state index contributed by atoms with van der Waals surface area (Å²) in [6.07, 6.45) is 0. The van der Waals surface area contributed by atoms with Crippen molar-refractivity contribution in [3.63, 3.8) is 0 Å². The summed E-state index contributed by atoms with van der Waals surface area (Å²) < 4.78 is 0.667. The van der Waals surface area contributed by atoms with Gasteiger partial charge >= 0.3 is 0 Å². The van der Waals surface area contributed by atoms with E-state index in [0.29, 0.717) is 4.34 Å². The highest BCUT2D eigenvalue weighted by atomic mass is 35.5. The van der Waals surface area contributed by atoms with Gasteiger partial charge in [0.25, 0.3) is 0 Å². The lowest BCUT2D eigenvalue weighted by Gasteiger charge is -1.93. The molecule has 10 heavy (non-hydrogen) atoms. The van der Waals surface area contributed by atoms with Gasteiger partial charge in [0.15, 0.2) is 0 Å². The fraction of sp³-hybridized carbons (Fsp3) is 0.167. The van der Waals surface area contributed by atoms with Gasteiger partial charge in [0, 0.05) is 4.88 Å². The van der Waals surface area contributed by atoms with Crippen LogP contribution in [-0.4, -0.2) is 0 Å². The lowest BCUT2D eigenvalue weighted by molar-refractivity contribution is 0.951. The average Bonchev–Trinajstić information content (AvgIpc) is 2.34. The maximum atomic E-state index is 8.39. The van der Waals surface area contributed by atoms with Crippen LogP contribution in [0, 0.1) is 11.3 Å². The predicted octanol–water partition coefficient (Wildman–Crippen LogP) is 1.92. The number of hydrogen-bond donors (Lipinski definition) is 1. The molecule has 4 heteroatoms. The summed E-state index contributed by atoms with van der Waals surface area (Å²) >= 11 is 6.95. The van der Waals surface area contributed by atoms with Gasteiger partial charge in [0.05, 0.1) is 10.4 Å². The van der Waals surface area contributed by atoms with Gasteiger partial charge < -0.3 is 5.73 Å². The van der Waals surface area contributed by atoms with E-state index in [9.17, 15) is 0 Å². The van der Waals surface area contributed by atoms with E-state index in [4.69, 9.17) is 22.6 Å². The Labute approximate surface area is 67.8 Å². The van der Waals surface area contributed by atoms with Gasteiger partial charge in [-0.1, -0.05) is 11.6 Å². The van der Waals surface area contributed by atoms with Crippen LogP contribution in [0.5, 0.6) is 0 Å². The van der Waals surface area contributed by atoms with Crippen molar-refractivity contribution in [3.8, 4) is 6.07 Å². The molecule has 2 N–H and O–H groups in total. The number of nitrogens with zero attached hydrogens (tertiary/aromatic N) is 1. The van der Waals surface area contributed by atoms with Gasteiger partial charge in [-0.15, -0.1) is 11.3 Å². The third-order valence-electron chi connectivity index (χ3n) is 1.04.